The Morgan fingerprint density at radius 2 is 2.22 bits per heavy atom. The van der Waals surface area contributed by atoms with E-state index in [4.69, 9.17) is 5.73 Å². The Kier molecular flexibility index (Phi) is 5.96. The molecule has 0 aliphatic rings. The van der Waals surface area contributed by atoms with Gasteiger partial charge in [0.15, 0.2) is 0 Å². The first-order valence-corrected chi connectivity index (χ1v) is 6.16. The van der Waals surface area contributed by atoms with Crippen molar-refractivity contribution in [3.05, 3.63) is 35.4 Å². The van der Waals surface area contributed by atoms with Crippen molar-refractivity contribution in [2.24, 2.45) is 11.7 Å². The molecule has 0 fully saturated rings. The van der Waals surface area contributed by atoms with Crippen LogP contribution in [0, 0.1) is 17.8 Å². The molecule has 96 valence electrons. The van der Waals surface area contributed by atoms with Gasteiger partial charge in [-0.2, -0.15) is 0 Å². The molecular weight excluding hydrogens is 224 g/mol. The number of hydrogen-bond donors (Lipinski definition) is 2. The predicted molar refractivity (Wildman–Crippen MR) is 73.9 cm³/mol. The number of nitrogens with two attached hydrogens (primary N) is 1. The van der Waals surface area contributed by atoms with Gasteiger partial charge in [-0.15, -0.1) is 0 Å². The second kappa shape index (κ2) is 7.52. The van der Waals surface area contributed by atoms with Crippen LogP contribution in [-0.4, -0.2) is 19.0 Å². The third kappa shape index (κ3) is 5.51. The zero-order valence-electron chi connectivity index (χ0n) is 11.0. The van der Waals surface area contributed by atoms with E-state index in [1.807, 2.05) is 12.1 Å². The molecule has 3 nitrogen and oxygen atoms in total. The molecule has 0 aliphatic heterocycles. The summed E-state index contributed by atoms with van der Waals surface area (Å²) < 4.78 is 0. The summed E-state index contributed by atoms with van der Waals surface area (Å²) >= 11 is 0. The highest BCUT2D eigenvalue weighted by molar-refractivity contribution is 5.77. The van der Waals surface area contributed by atoms with E-state index in [0.717, 1.165) is 12.0 Å². The van der Waals surface area contributed by atoms with Crippen molar-refractivity contribution < 1.29 is 4.79 Å². The number of nitrogens with one attached hydrogen (secondary N) is 1. The Hall–Kier alpha value is -1.79. The van der Waals surface area contributed by atoms with E-state index < -0.39 is 0 Å². The molecule has 0 bridgehead atoms. The number of amides is 1. The number of hydrogen-bond acceptors (Lipinski definition) is 2. The van der Waals surface area contributed by atoms with Crippen LogP contribution in [0.15, 0.2) is 24.3 Å². The lowest BCUT2D eigenvalue weighted by Crippen LogP contribution is -2.30. The fourth-order valence-electron chi connectivity index (χ4n) is 1.61. The van der Waals surface area contributed by atoms with Gasteiger partial charge in [0.1, 0.15) is 0 Å². The van der Waals surface area contributed by atoms with Crippen molar-refractivity contribution in [2.75, 3.05) is 13.1 Å². The van der Waals surface area contributed by atoms with Crippen molar-refractivity contribution in [2.45, 2.75) is 20.3 Å². The number of benzene rings is 1. The second-order valence-electron chi connectivity index (χ2n) is 4.58. The summed E-state index contributed by atoms with van der Waals surface area (Å²) in [6, 6.07) is 8.20. The van der Waals surface area contributed by atoms with E-state index in [9.17, 15) is 4.79 Å². The highest BCUT2D eigenvalue weighted by atomic mass is 16.1. The minimum absolute atomic E-state index is 0.00551. The van der Waals surface area contributed by atoms with Crippen molar-refractivity contribution >= 4 is 5.91 Å². The molecule has 0 spiro atoms. The maximum absolute atomic E-state index is 10.9. The summed E-state index contributed by atoms with van der Waals surface area (Å²) in [5.41, 5.74) is 7.45. The zero-order chi connectivity index (χ0) is 13.4. The van der Waals surface area contributed by atoms with Crippen LogP contribution in [0.4, 0.5) is 0 Å². The average Bonchev–Trinajstić information content (AvgIpc) is 2.34. The first kappa shape index (κ1) is 14.3. The van der Waals surface area contributed by atoms with E-state index in [-0.39, 0.29) is 12.5 Å². The summed E-state index contributed by atoms with van der Waals surface area (Å²) in [6.45, 7) is 4.73. The van der Waals surface area contributed by atoms with Gasteiger partial charge in [-0.1, -0.05) is 37.8 Å². The topological polar surface area (TPSA) is 55.1 Å². The lowest BCUT2D eigenvalue weighted by atomic mass is 10.0. The van der Waals surface area contributed by atoms with Crippen LogP contribution in [0.25, 0.3) is 0 Å². The van der Waals surface area contributed by atoms with Crippen molar-refractivity contribution in [1.29, 1.82) is 0 Å². The van der Waals surface area contributed by atoms with E-state index in [0.29, 0.717) is 12.5 Å². The minimum atomic E-state index is -0.183. The Morgan fingerprint density at radius 3 is 2.89 bits per heavy atom. The van der Waals surface area contributed by atoms with Gasteiger partial charge in [0.2, 0.25) is 5.91 Å². The third-order valence-electron chi connectivity index (χ3n) is 2.36. The molecule has 0 aromatic heterocycles. The maximum Gasteiger partial charge on any atom is 0.234 e. The molecule has 0 radical (unpaired) electrons. The highest BCUT2D eigenvalue weighted by Crippen LogP contribution is 2.09. The van der Waals surface area contributed by atoms with Crippen LogP contribution in [0.2, 0.25) is 0 Å². The zero-order valence-corrected chi connectivity index (χ0v) is 11.0. The molecular formula is C15H20N2O. The molecule has 3 heteroatoms. The normalized spacial score (nSPS) is 9.78. The molecule has 1 aromatic carbocycles. The van der Waals surface area contributed by atoms with Gasteiger partial charge < -0.3 is 11.1 Å². The SMILES string of the molecule is CC(C)Cc1cccc(C#CCNC(=O)CN)c1. The summed E-state index contributed by atoms with van der Waals surface area (Å²) in [4.78, 5) is 10.9. The minimum Gasteiger partial charge on any atom is -0.344 e. The van der Waals surface area contributed by atoms with Gasteiger partial charge in [0.25, 0.3) is 0 Å². The monoisotopic (exact) mass is 244 g/mol. The molecule has 0 saturated heterocycles. The summed E-state index contributed by atoms with van der Waals surface area (Å²) in [6.07, 6.45) is 1.05. The number of rotatable bonds is 4. The Labute approximate surface area is 109 Å². The van der Waals surface area contributed by atoms with Gasteiger partial charge in [-0.25, -0.2) is 0 Å². The summed E-state index contributed by atoms with van der Waals surface area (Å²) in [5, 5.41) is 2.61. The highest BCUT2D eigenvalue weighted by Gasteiger charge is 1.97. The van der Waals surface area contributed by atoms with Crippen LogP contribution in [-0.2, 0) is 11.2 Å². The second-order valence-corrected chi connectivity index (χ2v) is 4.58. The van der Waals surface area contributed by atoms with Crippen molar-refractivity contribution in [1.82, 2.24) is 5.32 Å². The standard InChI is InChI=1S/C15H20N2O/c1-12(2)9-14-6-3-5-13(10-14)7-4-8-17-15(18)11-16/h3,5-6,10,12H,8-9,11,16H2,1-2H3,(H,17,18). The lowest BCUT2D eigenvalue weighted by Gasteiger charge is -2.04. The van der Waals surface area contributed by atoms with Gasteiger partial charge in [0, 0.05) is 5.56 Å². The summed E-state index contributed by atoms with van der Waals surface area (Å²) in [7, 11) is 0. The van der Waals surface area contributed by atoms with Gasteiger partial charge in [0.05, 0.1) is 13.1 Å². The fraction of sp³-hybridized carbons (Fsp3) is 0.400. The van der Waals surface area contributed by atoms with E-state index in [1.165, 1.54) is 5.56 Å². The van der Waals surface area contributed by atoms with Crippen molar-refractivity contribution in [3.63, 3.8) is 0 Å². The van der Waals surface area contributed by atoms with E-state index >= 15 is 0 Å². The van der Waals surface area contributed by atoms with Crippen LogP contribution in [0.1, 0.15) is 25.0 Å². The molecule has 1 aromatic rings. The summed E-state index contributed by atoms with van der Waals surface area (Å²) in [5.74, 6) is 6.40. The smallest absolute Gasteiger partial charge is 0.234 e. The van der Waals surface area contributed by atoms with Crippen LogP contribution in [0.5, 0.6) is 0 Å². The molecule has 3 N–H and O–H groups in total. The Balaban J connectivity index is 2.56. The molecule has 0 heterocycles. The first-order chi connectivity index (χ1) is 8.61. The van der Waals surface area contributed by atoms with Crippen LogP contribution < -0.4 is 11.1 Å². The van der Waals surface area contributed by atoms with E-state index in [2.05, 4.69) is 43.1 Å². The van der Waals surface area contributed by atoms with Crippen LogP contribution in [0.3, 0.4) is 0 Å². The Bertz CT molecular complexity index is 455. The average molecular weight is 244 g/mol. The Morgan fingerprint density at radius 1 is 1.44 bits per heavy atom. The maximum atomic E-state index is 10.9. The largest absolute Gasteiger partial charge is 0.344 e. The number of carbonyl (C=O) groups excluding carboxylic acids is 1. The molecule has 0 atom stereocenters. The van der Waals surface area contributed by atoms with Crippen LogP contribution >= 0.6 is 0 Å². The first-order valence-electron chi connectivity index (χ1n) is 6.16. The molecule has 0 saturated carbocycles. The van der Waals surface area contributed by atoms with Gasteiger partial charge >= 0.3 is 0 Å². The molecule has 0 unspecified atom stereocenters. The third-order valence-corrected chi connectivity index (χ3v) is 2.36. The molecule has 1 rings (SSSR count). The van der Waals surface area contributed by atoms with Crippen molar-refractivity contribution in [3.8, 4) is 11.8 Å². The number of carbonyl (C=O) groups is 1. The molecule has 18 heavy (non-hydrogen) atoms. The molecule has 1 amide bonds. The van der Waals surface area contributed by atoms with Gasteiger partial charge in [-0.05, 0) is 30.0 Å². The van der Waals surface area contributed by atoms with Gasteiger partial charge in [-0.3, -0.25) is 4.79 Å². The lowest BCUT2D eigenvalue weighted by molar-refractivity contribution is -0.119. The predicted octanol–water partition coefficient (Wildman–Crippen LogP) is 1.31. The fourth-order valence-corrected chi connectivity index (χ4v) is 1.61. The molecule has 0 aliphatic carbocycles. The van der Waals surface area contributed by atoms with E-state index in [1.54, 1.807) is 0 Å². The quantitative estimate of drug-likeness (QED) is 0.785.